The molecule has 3 heterocycles. The third-order valence-electron chi connectivity index (χ3n) is 11.6. The fourth-order valence-electron chi connectivity index (χ4n) is 8.77. The van der Waals surface area contributed by atoms with E-state index < -0.39 is 0 Å². The zero-order chi connectivity index (χ0) is 41.6. The van der Waals surface area contributed by atoms with Crippen LogP contribution in [0.25, 0.3) is 111 Å². The van der Waals surface area contributed by atoms with E-state index in [9.17, 15) is 0 Å². The Kier molecular flexibility index (Phi) is 9.06. The van der Waals surface area contributed by atoms with Crippen LogP contribution in [-0.2, 0) is 0 Å². The van der Waals surface area contributed by atoms with Gasteiger partial charge < -0.3 is 8.98 Å². The Hall–Kier alpha value is -8.41. The summed E-state index contributed by atoms with van der Waals surface area (Å²) in [5.41, 5.74) is 13.7. The van der Waals surface area contributed by atoms with Gasteiger partial charge in [-0.15, -0.1) is 0 Å². The van der Waals surface area contributed by atoms with Crippen molar-refractivity contribution in [3.8, 4) is 62.1 Å². The van der Waals surface area contributed by atoms with E-state index in [1.54, 1.807) is 0 Å². The van der Waals surface area contributed by atoms with Crippen LogP contribution in [0, 0.1) is 0 Å². The quantitative estimate of drug-likeness (QED) is 0.137. The summed E-state index contributed by atoms with van der Waals surface area (Å²) >= 11 is 0. The van der Waals surface area contributed by atoms with Crippen molar-refractivity contribution in [2.45, 2.75) is 0 Å². The average molecular weight is 795 g/mol. The molecule has 0 aliphatic carbocycles. The molecule has 0 saturated carbocycles. The van der Waals surface area contributed by atoms with Gasteiger partial charge in [-0.2, -0.15) is 0 Å². The van der Waals surface area contributed by atoms with Gasteiger partial charge in [0.15, 0.2) is 17.5 Å². The van der Waals surface area contributed by atoms with Crippen LogP contribution in [0.3, 0.4) is 0 Å². The molecule has 0 atom stereocenters. The lowest BCUT2D eigenvalue weighted by molar-refractivity contribution is 0.669. The van der Waals surface area contributed by atoms with E-state index >= 15 is 0 Å². The van der Waals surface area contributed by atoms with E-state index in [1.807, 2.05) is 66.8 Å². The van der Waals surface area contributed by atoms with Gasteiger partial charge >= 0.3 is 0 Å². The number of para-hydroxylation sites is 2. The lowest BCUT2D eigenvalue weighted by Gasteiger charge is -2.21. The molecule has 0 aliphatic heterocycles. The minimum Gasteiger partial charge on any atom is -0.456 e. The summed E-state index contributed by atoms with van der Waals surface area (Å²) in [4.78, 5) is 15.5. The fourth-order valence-corrected chi connectivity index (χ4v) is 8.77. The fraction of sp³-hybridized carbons (Fsp3) is 0. The second-order valence-electron chi connectivity index (χ2n) is 15.2. The number of fused-ring (bicyclic) bond motifs is 7. The maximum Gasteiger partial charge on any atom is 0.164 e. The number of furan rings is 1. The molecule has 0 unspecified atom stereocenters. The van der Waals surface area contributed by atoms with Crippen molar-refractivity contribution in [1.82, 2.24) is 19.5 Å². The molecule has 5 nitrogen and oxygen atoms in total. The van der Waals surface area contributed by atoms with Gasteiger partial charge in [-0.3, -0.25) is 0 Å². The molecule has 8 aromatic carbocycles. The van der Waals surface area contributed by atoms with Crippen LogP contribution in [0.5, 0.6) is 0 Å². The Morgan fingerprint density at radius 1 is 0.452 bits per heavy atom. The second-order valence-corrected chi connectivity index (χ2v) is 15.2. The predicted molar refractivity (Wildman–Crippen MR) is 257 cm³/mol. The minimum absolute atomic E-state index is 0.557. The number of aromatic nitrogens is 4. The lowest BCUT2D eigenvalue weighted by Crippen LogP contribution is -2.05. The van der Waals surface area contributed by atoms with Crippen LogP contribution in [0.1, 0.15) is 5.56 Å². The zero-order valence-electron chi connectivity index (χ0n) is 33.7. The SMILES string of the molecule is C=C/C=C(\C=C)c1cc(-c2nc(-c3ccccc3)nc(-c3ccc(-c4ccccc4)cc3)n2)cc(-c2ccccc2)c1-n1c2ccccc2c2c3c(ccc21)oc1ccccc13. The van der Waals surface area contributed by atoms with E-state index in [0.717, 1.165) is 99.5 Å². The van der Waals surface area contributed by atoms with Crippen molar-refractivity contribution in [2.75, 3.05) is 0 Å². The highest BCUT2D eigenvalue weighted by molar-refractivity contribution is 6.27. The molecular weight excluding hydrogens is 757 g/mol. The highest BCUT2D eigenvalue weighted by Crippen LogP contribution is 2.45. The standard InChI is InChI=1S/C57H38N4O/c1-3-18-37(4-2)46-35-43(57-59-55(41-23-12-7-13-24-41)58-56(60-57)42-31-29-39(30-32-42)38-19-8-5-9-20-38)36-47(40-21-10-6-11-22-40)54(46)61-48-27-16-14-25-44(48)52-49(61)33-34-51-53(52)45-26-15-17-28-50(45)62-51/h3-36H,1-2H2/b37-18+. The maximum atomic E-state index is 6.44. The van der Waals surface area contributed by atoms with E-state index in [2.05, 4.69) is 157 Å². The maximum absolute atomic E-state index is 6.44. The molecule has 0 saturated heterocycles. The van der Waals surface area contributed by atoms with Crippen LogP contribution >= 0.6 is 0 Å². The summed E-state index contributed by atoms with van der Waals surface area (Å²) in [6.45, 7) is 8.46. The number of benzene rings is 8. The van der Waals surface area contributed by atoms with Gasteiger partial charge in [0, 0.05) is 49.4 Å². The number of hydrogen-bond acceptors (Lipinski definition) is 4. The van der Waals surface area contributed by atoms with Gasteiger partial charge in [0.1, 0.15) is 11.2 Å². The van der Waals surface area contributed by atoms with Crippen molar-refractivity contribution >= 4 is 49.3 Å². The molecule has 11 rings (SSSR count). The smallest absolute Gasteiger partial charge is 0.164 e. The molecule has 0 fully saturated rings. The van der Waals surface area contributed by atoms with E-state index in [-0.39, 0.29) is 0 Å². The van der Waals surface area contributed by atoms with Crippen LogP contribution in [-0.4, -0.2) is 19.5 Å². The predicted octanol–water partition coefficient (Wildman–Crippen LogP) is 15.0. The average Bonchev–Trinajstić information content (AvgIpc) is 3.89. The first-order chi connectivity index (χ1) is 30.7. The van der Waals surface area contributed by atoms with Gasteiger partial charge in [0.2, 0.25) is 0 Å². The highest BCUT2D eigenvalue weighted by atomic mass is 16.3. The monoisotopic (exact) mass is 794 g/mol. The molecule has 62 heavy (non-hydrogen) atoms. The molecule has 0 spiro atoms. The minimum atomic E-state index is 0.557. The van der Waals surface area contributed by atoms with Crippen LogP contribution in [0.4, 0.5) is 0 Å². The summed E-state index contributed by atoms with van der Waals surface area (Å²) in [7, 11) is 0. The van der Waals surface area contributed by atoms with Gasteiger partial charge in [-0.1, -0.05) is 183 Å². The number of nitrogens with zero attached hydrogens (tertiary/aromatic N) is 4. The van der Waals surface area contributed by atoms with Gasteiger partial charge in [0.25, 0.3) is 0 Å². The van der Waals surface area contributed by atoms with Crippen molar-refractivity contribution in [3.05, 3.63) is 225 Å². The molecule has 5 heteroatoms. The number of hydrogen-bond donors (Lipinski definition) is 0. The summed E-state index contributed by atoms with van der Waals surface area (Å²) in [5.74, 6) is 1.74. The van der Waals surface area contributed by atoms with E-state index in [0.29, 0.717) is 17.5 Å². The Morgan fingerprint density at radius 3 is 1.68 bits per heavy atom. The topological polar surface area (TPSA) is 56.7 Å². The van der Waals surface area contributed by atoms with Crippen LogP contribution < -0.4 is 0 Å². The summed E-state index contributed by atoms with van der Waals surface area (Å²) < 4.78 is 8.84. The van der Waals surface area contributed by atoms with Gasteiger partial charge in [0.05, 0.1) is 16.7 Å². The van der Waals surface area contributed by atoms with Crippen LogP contribution in [0.15, 0.2) is 224 Å². The molecule has 292 valence electrons. The number of rotatable bonds is 9. The Balaban J connectivity index is 1.21. The first kappa shape index (κ1) is 36.7. The van der Waals surface area contributed by atoms with Crippen molar-refractivity contribution in [2.24, 2.45) is 0 Å². The van der Waals surface area contributed by atoms with Crippen LogP contribution in [0.2, 0.25) is 0 Å². The largest absolute Gasteiger partial charge is 0.456 e. The third kappa shape index (κ3) is 6.23. The summed E-state index contributed by atoms with van der Waals surface area (Å²) in [6, 6.07) is 65.1. The number of allylic oxidation sites excluding steroid dienone is 4. The summed E-state index contributed by atoms with van der Waals surface area (Å²) in [5, 5.41) is 4.45. The lowest BCUT2D eigenvalue weighted by atomic mass is 9.92. The zero-order valence-corrected chi connectivity index (χ0v) is 33.7. The molecule has 0 aliphatic rings. The second kappa shape index (κ2) is 15.3. The summed E-state index contributed by atoms with van der Waals surface area (Å²) in [6.07, 6.45) is 5.73. The van der Waals surface area contributed by atoms with Crippen molar-refractivity contribution in [3.63, 3.8) is 0 Å². The van der Waals surface area contributed by atoms with E-state index in [1.165, 1.54) is 0 Å². The first-order valence-electron chi connectivity index (χ1n) is 20.7. The van der Waals surface area contributed by atoms with Crippen molar-refractivity contribution < 1.29 is 4.42 Å². The molecule has 3 aromatic heterocycles. The molecule has 0 amide bonds. The van der Waals surface area contributed by atoms with E-state index in [4.69, 9.17) is 19.4 Å². The Bertz CT molecular complexity index is 3530. The van der Waals surface area contributed by atoms with Gasteiger partial charge in [-0.25, -0.2) is 15.0 Å². The first-order valence-corrected chi connectivity index (χ1v) is 20.7. The van der Waals surface area contributed by atoms with Crippen molar-refractivity contribution in [1.29, 1.82) is 0 Å². The Labute approximate surface area is 358 Å². The third-order valence-corrected chi connectivity index (χ3v) is 11.6. The molecule has 0 bridgehead atoms. The molecule has 0 radical (unpaired) electrons. The highest BCUT2D eigenvalue weighted by Gasteiger charge is 2.25. The molecule has 11 aromatic rings. The normalized spacial score (nSPS) is 11.8. The molecule has 0 N–H and O–H groups in total. The Morgan fingerprint density at radius 2 is 1.00 bits per heavy atom. The molecular formula is C57H38N4O. The van der Waals surface area contributed by atoms with Gasteiger partial charge in [-0.05, 0) is 58.7 Å².